The largest absolute Gasteiger partial charge is 0.756 e. The molecule has 0 rings (SSSR count). The second-order valence-electron chi connectivity index (χ2n) is 15.7. The van der Waals surface area contributed by atoms with Gasteiger partial charge in [-0.2, -0.15) is 0 Å². The van der Waals surface area contributed by atoms with E-state index in [1.807, 2.05) is 27.2 Å². The summed E-state index contributed by atoms with van der Waals surface area (Å²) in [6, 6.07) is 0. The Kier molecular flexibility index (Phi) is 36.7. The monoisotopic (exact) mass is 808 g/mol. The number of rotatable bonds is 39. The first-order valence-corrected chi connectivity index (χ1v) is 23.5. The Morgan fingerprint density at radius 2 is 1.02 bits per heavy atom. The predicted molar refractivity (Wildman–Crippen MR) is 231 cm³/mol. The van der Waals surface area contributed by atoms with Crippen LogP contribution >= 0.6 is 7.82 Å². The van der Waals surface area contributed by atoms with Gasteiger partial charge >= 0.3 is 11.9 Å². The average Bonchev–Trinajstić information content (AvgIpc) is 3.15. The van der Waals surface area contributed by atoms with Crippen LogP contribution in [0.1, 0.15) is 168 Å². The molecule has 0 radical (unpaired) electrons. The summed E-state index contributed by atoms with van der Waals surface area (Å²) in [4.78, 5) is 37.5. The van der Waals surface area contributed by atoms with Gasteiger partial charge < -0.3 is 27.9 Å². The number of carbonyl (C=O) groups excluding carboxylic acids is 2. The Balaban J connectivity index is 4.46. The normalized spacial score (nSPS) is 14.2. The first-order valence-electron chi connectivity index (χ1n) is 22.0. The number of unbranched alkanes of at least 4 members (excludes halogenated alkanes) is 15. The maximum atomic E-state index is 12.6. The lowest BCUT2D eigenvalue weighted by Gasteiger charge is -2.28. The van der Waals surface area contributed by atoms with E-state index in [0.717, 1.165) is 51.4 Å². The molecule has 2 atom stereocenters. The lowest BCUT2D eigenvalue weighted by Crippen LogP contribution is -2.37. The Hall–Kier alpha value is -2.29. The maximum Gasteiger partial charge on any atom is 0.306 e. The fourth-order valence-electron chi connectivity index (χ4n) is 5.63. The van der Waals surface area contributed by atoms with Crippen LogP contribution in [0.4, 0.5) is 0 Å². The number of quaternary nitrogens is 1. The van der Waals surface area contributed by atoms with Crippen molar-refractivity contribution in [3.63, 3.8) is 0 Å². The van der Waals surface area contributed by atoms with E-state index in [4.69, 9.17) is 18.5 Å². The summed E-state index contributed by atoms with van der Waals surface area (Å²) in [7, 11) is 1.12. The van der Waals surface area contributed by atoms with Crippen molar-refractivity contribution in [1.29, 1.82) is 0 Å². The van der Waals surface area contributed by atoms with Crippen molar-refractivity contribution in [3.05, 3.63) is 60.8 Å². The van der Waals surface area contributed by atoms with E-state index in [9.17, 15) is 19.0 Å². The van der Waals surface area contributed by atoms with Gasteiger partial charge in [0.2, 0.25) is 0 Å². The molecule has 0 aliphatic carbocycles. The molecule has 0 aromatic heterocycles. The lowest BCUT2D eigenvalue weighted by molar-refractivity contribution is -0.870. The number of allylic oxidation sites excluding steroid dienone is 10. The first kappa shape index (κ1) is 53.7. The van der Waals surface area contributed by atoms with Crippen LogP contribution in [-0.2, 0) is 32.7 Å². The van der Waals surface area contributed by atoms with Gasteiger partial charge in [-0.05, 0) is 51.4 Å². The number of esters is 2. The zero-order valence-electron chi connectivity index (χ0n) is 36.3. The van der Waals surface area contributed by atoms with Crippen LogP contribution in [0, 0.1) is 0 Å². The van der Waals surface area contributed by atoms with E-state index in [0.29, 0.717) is 23.9 Å². The highest BCUT2D eigenvalue weighted by Crippen LogP contribution is 2.38. The number of nitrogens with zero attached hydrogens (tertiary/aromatic N) is 1. The SMILES string of the molecule is CCC=CCC=CCC=CCC=CCC=CCCCC(=O)OC(COC(=O)CCCCCCCCCCCCCCCCC)COP(=O)([O-])OCC[N+](C)(C)C. The van der Waals surface area contributed by atoms with Crippen molar-refractivity contribution in [3.8, 4) is 0 Å². The van der Waals surface area contributed by atoms with Crippen molar-refractivity contribution in [2.24, 2.45) is 0 Å². The third-order valence-corrected chi connectivity index (χ3v) is 10.0. The van der Waals surface area contributed by atoms with E-state index in [1.54, 1.807) is 0 Å². The third kappa shape index (κ3) is 41.3. The standard InChI is InChI=1S/C46H82NO8P/c1-6-8-10-12-14-16-18-20-22-23-25-27-29-31-33-35-37-39-46(49)55-44(43-54-56(50,51)53-41-40-47(3,4)5)42-52-45(48)38-36-34-32-30-28-26-24-21-19-17-15-13-11-9-7-2/h8,10,14,16,20,22,25,27,31,33,44H,6-7,9,11-13,15,17-19,21,23-24,26,28-30,32,34-43H2,1-5H3. The summed E-state index contributed by atoms with van der Waals surface area (Å²) in [5.41, 5.74) is 0. The van der Waals surface area contributed by atoms with Gasteiger partial charge in [-0.25, -0.2) is 0 Å². The zero-order valence-corrected chi connectivity index (χ0v) is 37.2. The van der Waals surface area contributed by atoms with Crippen LogP contribution in [0.3, 0.4) is 0 Å². The number of hydrogen-bond acceptors (Lipinski definition) is 8. The summed E-state index contributed by atoms with van der Waals surface area (Å²) < 4.78 is 33.8. The molecule has 0 N–H and O–H groups in total. The molecule has 0 amide bonds. The minimum absolute atomic E-state index is 0.0429. The minimum Gasteiger partial charge on any atom is -0.756 e. The summed E-state index contributed by atoms with van der Waals surface area (Å²) in [5, 5.41) is 0. The Bertz CT molecular complexity index is 1140. The molecule has 9 nitrogen and oxygen atoms in total. The van der Waals surface area contributed by atoms with Crippen LogP contribution < -0.4 is 4.89 Å². The molecule has 324 valence electrons. The summed E-state index contributed by atoms with van der Waals surface area (Å²) in [6.45, 7) is 4.04. The smallest absolute Gasteiger partial charge is 0.306 e. The molecule has 0 aromatic rings. The Labute approximate surface area is 343 Å². The number of ether oxygens (including phenoxy) is 2. The molecule has 2 unspecified atom stereocenters. The van der Waals surface area contributed by atoms with Gasteiger partial charge in [0.1, 0.15) is 19.8 Å². The molecule has 0 aliphatic rings. The Morgan fingerprint density at radius 3 is 1.50 bits per heavy atom. The van der Waals surface area contributed by atoms with Gasteiger partial charge in [0, 0.05) is 12.8 Å². The van der Waals surface area contributed by atoms with Crippen LogP contribution in [0.2, 0.25) is 0 Å². The van der Waals surface area contributed by atoms with Crippen molar-refractivity contribution in [2.45, 2.75) is 174 Å². The average molecular weight is 808 g/mol. The van der Waals surface area contributed by atoms with Gasteiger partial charge in [-0.1, -0.05) is 164 Å². The number of hydrogen-bond donors (Lipinski definition) is 0. The number of likely N-dealkylation sites (N-methyl/N-ethyl adjacent to an activating group) is 1. The fraction of sp³-hybridized carbons (Fsp3) is 0.739. The molecule has 0 aromatic carbocycles. The molecule has 0 heterocycles. The molecule has 0 fully saturated rings. The van der Waals surface area contributed by atoms with E-state index < -0.39 is 32.5 Å². The number of phosphoric acid groups is 1. The second kappa shape index (κ2) is 38.2. The van der Waals surface area contributed by atoms with E-state index in [1.165, 1.54) is 77.0 Å². The molecular weight excluding hydrogens is 725 g/mol. The molecule has 10 heteroatoms. The minimum atomic E-state index is -4.64. The molecule has 56 heavy (non-hydrogen) atoms. The van der Waals surface area contributed by atoms with Gasteiger partial charge in [-0.15, -0.1) is 0 Å². The van der Waals surface area contributed by atoms with Gasteiger partial charge in [0.25, 0.3) is 7.82 Å². The highest BCUT2D eigenvalue weighted by molar-refractivity contribution is 7.45. The molecule has 0 saturated heterocycles. The van der Waals surface area contributed by atoms with E-state index in [-0.39, 0.29) is 26.1 Å². The van der Waals surface area contributed by atoms with Crippen molar-refractivity contribution < 1.29 is 42.1 Å². The van der Waals surface area contributed by atoms with Crippen LogP contribution in [0.25, 0.3) is 0 Å². The maximum absolute atomic E-state index is 12.6. The van der Waals surface area contributed by atoms with Gasteiger partial charge in [0.15, 0.2) is 6.10 Å². The molecule has 0 spiro atoms. The van der Waals surface area contributed by atoms with Crippen molar-refractivity contribution in [2.75, 3.05) is 47.5 Å². The molecular formula is C46H82NO8P. The lowest BCUT2D eigenvalue weighted by atomic mass is 10.0. The molecule has 0 bridgehead atoms. The highest BCUT2D eigenvalue weighted by atomic mass is 31.2. The number of phosphoric ester groups is 1. The van der Waals surface area contributed by atoms with E-state index in [2.05, 4.69) is 68.5 Å². The second-order valence-corrected chi connectivity index (χ2v) is 17.1. The van der Waals surface area contributed by atoms with Crippen LogP contribution in [0.5, 0.6) is 0 Å². The summed E-state index contributed by atoms with van der Waals surface area (Å²) >= 11 is 0. The molecule has 0 aliphatic heterocycles. The quantitative estimate of drug-likeness (QED) is 0.0198. The fourth-order valence-corrected chi connectivity index (χ4v) is 6.36. The van der Waals surface area contributed by atoms with Gasteiger partial charge in [-0.3, -0.25) is 14.2 Å². The highest BCUT2D eigenvalue weighted by Gasteiger charge is 2.21. The van der Waals surface area contributed by atoms with Crippen LogP contribution in [-0.4, -0.2) is 70.0 Å². The third-order valence-electron chi connectivity index (χ3n) is 9.05. The van der Waals surface area contributed by atoms with Gasteiger partial charge in [0.05, 0.1) is 27.7 Å². The number of carbonyl (C=O) groups is 2. The summed E-state index contributed by atoms with van der Waals surface area (Å²) in [5.74, 6) is -0.903. The van der Waals surface area contributed by atoms with Crippen molar-refractivity contribution >= 4 is 19.8 Å². The molecule has 0 saturated carbocycles. The topological polar surface area (TPSA) is 111 Å². The first-order chi connectivity index (χ1) is 27.0. The summed E-state index contributed by atoms with van der Waals surface area (Å²) in [6.07, 6.45) is 45.4. The van der Waals surface area contributed by atoms with E-state index >= 15 is 0 Å². The van der Waals surface area contributed by atoms with Crippen molar-refractivity contribution in [1.82, 2.24) is 0 Å². The Morgan fingerprint density at radius 1 is 0.571 bits per heavy atom. The zero-order chi connectivity index (χ0) is 41.4. The predicted octanol–water partition coefficient (Wildman–Crippen LogP) is 11.8. The van der Waals surface area contributed by atoms with Crippen LogP contribution in [0.15, 0.2) is 60.8 Å².